The van der Waals surface area contributed by atoms with Crippen LogP contribution in [0, 0.1) is 0 Å². The number of nitrogens with zero attached hydrogens (tertiary/aromatic N) is 3. The highest BCUT2D eigenvalue weighted by atomic mass is 32.1. The molecular weight excluding hydrogens is 210 g/mol. The monoisotopic (exact) mass is 223 g/mol. The van der Waals surface area contributed by atoms with Crippen molar-refractivity contribution < 1.29 is 0 Å². The average molecular weight is 223 g/mol. The predicted molar refractivity (Wildman–Crippen MR) is 59.1 cm³/mol. The minimum atomic E-state index is 0.0335. The molecule has 2 aromatic heterocycles. The Morgan fingerprint density at radius 1 is 1.67 bits per heavy atom. The summed E-state index contributed by atoms with van der Waals surface area (Å²) in [5.74, 6) is 5.50. The largest absolute Gasteiger partial charge is 0.276 e. The zero-order chi connectivity index (χ0) is 10.7. The van der Waals surface area contributed by atoms with E-state index in [1.807, 2.05) is 24.7 Å². The topological polar surface area (TPSA) is 68.8 Å². The fraction of sp³-hybridized carbons (Fsp3) is 0.333. The van der Waals surface area contributed by atoms with Gasteiger partial charge in [0.15, 0.2) is 0 Å². The van der Waals surface area contributed by atoms with Crippen molar-refractivity contribution in [1.82, 2.24) is 20.2 Å². The summed E-state index contributed by atoms with van der Waals surface area (Å²) < 4.78 is 1.78. The molecule has 80 valence electrons. The Kier molecular flexibility index (Phi) is 3.10. The van der Waals surface area contributed by atoms with Crippen LogP contribution in [0.4, 0.5) is 0 Å². The van der Waals surface area contributed by atoms with Crippen molar-refractivity contribution >= 4 is 11.3 Å². The molecule has 0 radical (unpaired) electrons. The first-order valence-electron chi connectivity index (χ1n) is 4.62. The molecule has 0 fully saturated rings. The zero-order valence-electron chi connectivity index (χ0n) is 8.42. The van der Waals surface area contributed by atoms with E-state index in [0.29, 0.717) is 0 Å². The predicted octanol–water partition coefficient (Wildman–Crippen LogP) is 0.624. The molecule has 0 saturated carbocycles. The van der Waals surface area contributed by atoms with Crippen LogP contribution >= 0.6 is 11.3 Å². The maximum absolute atomic E-state index is 5.50. The standard InChI is InChI=1S/C9H13N5S/c1-14-3-2-7(13-14)4-8(12-10)9-5-15-6-11-9/h2-3,5-6,8,12H,4,10H2,1H3. The number of hydrogen-bond donors (Lipinski definition) is 2. The molecule has 0 aromatic carbocycles. The van der Waals surface area contributed by atoms with Crippen LogP contribution in [0.2, 0.25) is 0 Å². The summed E-state index contributed by atoms with van der Waals surface area (Å²) >= 11 is 1.57. The number of aryl methyl sites for hydroxylation is 1. The van der Waals surface area contributed by atoms with E-state index in [1.54, 1.807) is 21.5 Å². The lowest BCUT2D eigenvalue weighted by Gasteiger charge is -2.11. The Labute approximate surface area is 91.9 Å². The molecule has 5 nitrogen and oxygen atoms in total. The van der Waals surface area contributed by atoms with Gasteiger partial charge in [-0.15, -0.1) is 11.3 Å². The van der Waals surface area contributed by atoms with E-state index in [1.165, 1.54) is 0 Å². The first kappa shape index (κ1) is 10.3. The molecule has 2 heterocycles. The maximum atomic E-state index is 5.50. The van der Waals surface area contributed by atoms with Gasteiger partial charge in [-0.25, -0.2) is 4.98 Å². The highest BCUT2D eigenvalue weighted by Gasteiger charge is 2.13. The van der Waals surface area contributed by atoms with Gasteiger partial charge in [-0.1, -0.05) is 0 Å². The second-order valence-corrected chi connectivity index (χ2v) is 4.04. The molecule has 2 aromatic rings. The molecule has 3 N–H and O–H groups in total. The van der Waals surface area contributed by atoms with Crippen molar-refractivity contribution in [2.45, 2.75) is 12.5 Å². The molecule has 0 aliphatic heterocycles. The Balaban J connectivity index is 2.09. The van der Waals surface area contributed by atoms with Gasteiger partial charge in [-0.2, -0.15) is 5.10 Å². The van der Waals surface area contributed by atoms with Crippen LogP contribution in [0.25, 0.3) is 0 Å². The highest BCUT2D eigenvalue weighted by Crippen LogP contribution is 2.16. The maximum Gasteiger partial charge on any atom is 0.0795 e. The van der Waals surface area contributed by atoms with E-state index in [-0.39, 0.29) is 6.04 Å². The van der Waals surface area contributed by atoms with E-state index in [0.717, 1.165) is 17.8 Å². The summed E-state index contributed by atoms with van der Waals surface area (Å²) in [6.07, 6.45) is 2.67. The van der Waals surface area contributed by atoms with E-state index in [2.05, 4.69) is 15.5 Å². The second-order valence-electron chi connectivity index (χ2n) is 3.32. The van der Waals surface area contributed by atoms with Crippen LogP contribution in [-0.2, 0) is 13.5 Å². The van der Waals surface area contributed by atoms with Gasteiger partial charge in [0.2, 0.25) is 0 Å². The van der Waals surface area contributed by atoms with Gasteiger partial charge in [0.25, 0.3) is 0 Å². The lowest BCUT2D eigenvalue weighted by atomic mass is 10.1. The minimum Gasteiger partial charge on any atom is -0.276 e. The number of aromatic nitrogens is 3. The number of hydrazine groups is 1. The normalized spacial score (nSPS) is 12.9. The van der Waals surface area contributed by atoms with Crippen molar-refractivity contribution in [3.8, 4) is 0 Å². The third-order valence-corrected chi connectivity index (χ3v) is 2.80. The van der Waals surface area contributed by atoms with Gasteiger partial charge in [0.1, 0.15) is 0 Å². The van der Waals surface area contributed by atoms with E-state index in [9.17, 15) is 0 Å². The van der Waals surface area contributed by atoms with Gasteiger partial charge in [0, 0.05) is 25.0 Å². The molecular formula is C9H13N5S. The number of nitrogens with one attached hydrogen (secondary N) is 1. The first-order chi connectivity index (χ1) is 7.29. The van der Waals surface area contributed by atoms with E-state index >= 15 is 0 Å². The Morgan fingerprint density at radius 2 is 2.53 bits per heavy atom. The van der Waals surface area contributed by atoms with Gasteiger partial charge in [0.05, 0.1) is 22.9 Å². The molecule has 2 rings (SSSR count). The van der Waals surface area contributed by atoms with Crippen molar-refractivity contribution in [3.05, 3.63) is 34.5 Å². The fourth-order valence-corrected chi connectivity index (χ4v) is 2.03. The summed E-state index contributed by atoms with van der Waals surface area (Å²) in [4.78, 5) is 4.23. The van der Waals surface area contributed by atoms with Crippen molar-refractivity contribution in [2.24, 2.45) is 12.9 Å². The van der Waals surface area contributed by atoms with E-state index in [4.69, 9.17) is 5.84 Å². The highest BCUT2D eigenvalue weighted by molar-refractivity contribution is 7.07. The molecule has 0 aliphatic rings. The van der Waals surface area contributed by atoms with Gasteiger partial charge in [-0.05, 0) is 6.07 Å². The van der Waals surface area contributed by atoms with Crippen LogP contribution in [0.15, 0.2) is 23.2 Å². The number of thiazole rings is 1. The summed E-state index contributed by atoms with van der Waals surface area (Å²) in [7, 11) is 1.90. The van der Waals surface area contributed by atoms with Crippen LogP contribution in [0.3, 0.4) is 0 Å². The summed E-state index contributed by atoms with van der Waals surface area (Å²) in [5, 5.41) is 6.30. The van der Waals surface area contributed by atoms with Crippen molar-refractivity contribution in [2.75, 3.05) is 0 Å². The fourth-order valence-electron chi connectivity index (χ4n) is 1.42. The molecule has 1 atom stereocenters. The van der Waals surface area contributed by atoms with Crippen LogP contribution in [0.5, 0.6) is 0 Å². The van der Waals surface area contributed by atoms with Crippen LogP contribution in [-0.4, -0.2) is 14.8 Å². The Bertz CT molecular complexity index is 408. The Morgan fingerprint density at radius 3 is 3.07 bits per heavy atom. The molecule has 1 unspecified atom stereocenters. The molecule has 6 heteroatoms. The molecule has 0 amide bonds. The van der Waals surface area contributed by atoms with Crippen LogP contribution in [0.1, 0.15) is 17.4 Å². The molecule has 0 bridgehead atoms. The number of rotatable bonds is 4. The summed E-state index contributed by atoms with van der Waals surface area (Å²) in [6.45, 7) is 0. The third-order valence-electron chi connectivity index (χ3n) is 2.19. The minimum absolute atomic E-state index is 0.0335. The van der Waals surface area contributed by atoms with Gasteiger partial charge in [-0.3, -0.25) is 16.0 Å². The Hall–Kier alpha value is -1.24. The summed E-state index contributed by atoms with van der Waals surface area (Å²) in [6, 6.07) is 2.02. The van der Waals surface area contributed by atoms with Crippen molar-refractivity contribution in [1.29, 1.82) is 0 Å². The smallest absolute Gasteiger partial charge is 0.0795 e. The van der Waals surface area contributed by atoms with Crippen molar-refractivity contribution in [3.63, 3.8) is 0 Å². The van der Waals surface area contributed by atoms with Crippen LogP contribution < -0.4 is 11.3 Å². The number of nitrogens with two attached hydrogens (primary N) is 1. The SMILES string of the molecule is Cn1ccc(CC(NN)c2cscn2)n1. The van der Waals surface area contributed by atoms with E-state index < -0.39 is 0 Å². The van der Waals surface area contributed by atoms with Gasteiger partial charge >= 0.3 is 0 Å². The third kappa shape index (κ3) is 2.41. The zero-order valence-corrected chi connectivity index (χ0v) is 9.24. The summed E-state index contributed by atoms with van der Waals surface area (Å²) in [5.41, 5.74) is 6.53. The first-order valence-corrected chi connectivity index (χ1v) is 5.56. The molecule has 0 saturated heterocycles. The number of hydrogen-bond acceptors (Lipinski definition) is 5. The second kappa shape index (κ2) is 4.52. The average Bonchev–Trinajstić information content (AvgIpc) is 2.85. The molecule has 0 aliphatic carbocycles. The molecule has 15 heavy (non-hydrogen) atoms. The van der Waals surface area contributed by atoms with Gasteiger partial charge < -0.3 is 0 Å². The quantitative estimate of drug-likeness (QED) is 0.589. The molecule has 0 spiro atoms. The lowest BCUT2D eigenvalue weighted by molar-refractivity contribution is 0.531. The lowest BCUT2D eigenvalue weighted by Crippen LogP contribution is -2.29.